The topological polar surface area (TPSA) is 108 Å². The molecule has 0 aliphatic carbocycles. The first-order valence-corrected chi connectivity index (χ1v) is 13.8. The van der Waals surface area contributed by atoms with E-state index in [0.29, 0.717) is 28.6 Å². The number of anilines is 1. The lowest BCUT2D eigenvalue weighted by atomic mass is 9.96. The Bertz CT molecular complexity index is 1400. The van der Waals surface area contributed by atoms with Crippen LogP contribution in [0.15, 0.2) is 58.9 Å². The molecule has 1 aliphatic heterocycles. The molecular weight excluding hydrogens is 557 g/mol. The summed E-state index contributed by atoms with van der Waals surface area (Å²) in [5.74, 6) is -0.975. The number of pyridine rings is 1. The summed E-state index contributed by atoms with van der Waals surface area (Å²) in [6.07, 6.45) is 5.74. The normalized spacial score (nSPS) is 16.3. The molecule has 0 saturated carbocycles. The van der Waals surface area contributed by atoms with Gasteiger partial charge in [0.25, 0.3) is 11.1 Å². The summed E-state index contributed by atoms with van der Waals surface area (Å²) in [4.78, 5) is 21.3. The lowest BCUT2D eigenvalue weighted by molar-refractivity contribution is -0.168. The minimum Gasteiger partial charge on any atom is -0.462 e. The van der Waals surface area contributed by atoms with Crippen LogP contribution in [-0.4, -0.2) is 40.7 Å². The van der Waals surface area contributed by atoms with Crippen LogP contribution in [0.2, 0.25) is 5.02 Å². The standard InChI is InChI=1S/C28H29ClFN5O4S/c1-17(31-3)12-22(23-13-19(7-10-24(23)30)15-38-25-6-4-5-11-37-25)18(2)26(36)33-27-34-35-28(40-27)39-16-21-9-8-20(29)14-32-21/h7-10,12-14,25H,3-6,11,15-16H2,1-2H3,(H,33,34,36)/b17-12-,22-18-. The highest BCUT2D eigenvalue weighted by atomic mass is 35.5. The quantitative estimate of drug-likeness (QED) is 0.158. The van der Waals surface area contributed by atoms with Crippen molar-refractivity contribution in [1.82, 2.24) is 15.2 Å². The monoisotopic (exact) mass is 585 g/mol. The summed E-state index contributed by atoms with van der Waals surface area (Å²) >= 11 is 6.91. The maximum atomic E-state index is 15.1. The van der Waals surface area contributed by atoms with Crippen molar-refractivity contribution >= 4 is 46.3 Å². The average Bonchev–Trinajstić information content (AvgIpc) is 3.42. The first kappa shape index (κ1) is 29.5. The van der Waals surface area contributed by atoms with Crippen LogP contribution in [0, 0.1) is 5.82 Å². The zero-order chi connectivity index (χ0) is 28.5. The van der Waals surface area contributed by atoms with Crippen LogP contribution in [-0.2, 0) is 27.5 Å². The van der Waals surface area contributed by atoms with E-state index in [0.717, 1.165) is 36.2 Å². The van der Waals surface area contributed by atoms with Gasteiger partial charge in [0.2, 0.25) is 5.13 Å². The van der Waals surface area contributed by atoms with E-state index in [-0.39, 0.29) is 41.0 Å². The molecule has 0 bridgehead atoms. The van der Waals surface area contributed by atoms with Gasteiger partial charge in [0.05, 0.1) is 17.3 Å². The molecule has 1 amide bonds. The molecule has 12 heteroatoms. The second-order valence-electron chi connectivity index (χ2n) is 8.99. The maximum absolute atomic E-state index is 15.1. The Balaban J connectivity index is 1.50. The fraction of sp³-hybridized carbons (Fsp3) is 0.321. The van der Waals surface area contributed by atoms with Crippen molar-refractivity contribution in [3.05, 3.63) is 81.5 Å². The van der Waals surface area contributed by atoms with Crippen molar-refractivity contribution < 1.29 is 23.4 Å². The number of benzene rings is 1. The van der Waals surface area contributed by atoms with Gasteiger partial charge in [-0.2, -0.15) is 0 Å². The predicted octanol–water partition coefficient (Wildman–Crippen LogP) is 6.36. The molecule has 9 nitrogen and oxygen atoms in total. The number of hydrogen-bond donors (Lipinski definition) is 1. The van der Waals surface area contributed by atoms with E-state index in [9.17, 15) is 4.79 Å². The fourth-order valence-corrected chi connectivity index (χ4v) is 4.50. The average molecular weight is 586 g/mol. The number of carbonyl (C=O) groups excluding carboxylic acids is 1. The van der Waals surface area contributed by atoms with Crippen LogP contribution in [0.25, 0.3) is 5.57 Å². The Kier molecular flexibility index (Phi) is 10.5. The molecule has 1 saturated heterocycles. The molecule has 2 aromatic heterocycles. The summed E-state index contributed by atoms with van der Waals surface area (Å²) in [5.41, 5.74) is 2.76. The van der Waals surface area contributed by atoms with Crippen LogP contribution < -0.4 is 10.1 Å². The number of hydrogen-bond acceptors (Lipinski definition) is 9. The highest BCUT2D eigenvalue weighted by Crippen LogP contribution is 2.29. The first-order valence-electron chi connectivity index (χ1n) is 12.6. The molecule has 1 unspecified atom stereocenters. The minimum absolute atomic E-state index is 0.160. The van der Waals surface area contributed by atoms with Gasteiger partial charge in [-0.3, -0.25) is 20.1 Å². The third kappa shape index (κ3) is 8.25. The molecule has 3 aromatic rings. The van der Waals surface area contributed by atoms with E-state index < -0.39 is 11.7 Å². The van der Waals surface area contributed by atoms with E-state index in [1.54, 1.807) is 44.2 Å². The smallest absolute Gasteiger partial charge is 0.296 e. The van der Waals surface area contributed by atoms with Gasteiger partial charge < -0.3 is 14.2 Å². The van der Waals surface area contributed by atoms with E-state index in [1.165, 1.54) is 12.3 Å². The van der Waals surface area contributed by atoms with Crippen LogP contribution in [0.3, 0.4) is 0 Å². The number of ether oxygens (including phenoxy) is 3. The van der Waals surface area contributed by atoms with Crippen LogP contribution >= 0.6 is 22.9 Å². The first-order chi connectivity index (χ1) is 19.3. The number of allylic oxidation sites excluding steroid dienone is 3. The number of aromatic nitrogens is 3. The number of nitrogens with zero attached hydrogens (tertiary/aromatic N) is 4. The second kappa shape index (κ2) is 14.2. The van der Waals surface area contributed by atoms with E-state index in [4.69, 9.17) is 25.8 Å². The predicted molar refractivity (Wildman–Crippen MR) is 153 cm³/mol. The van der Waals surface area contributed by atoms with E-state index in [2.05, 4.69) is 32.2 Å². The minimum atomic E-state index is -0.490. The Labute approximate surface area is 240 Å². The Morgan fingerprint density at radius 1 is 1.27 bits per heavy atom. The molecular formula is C28H29ClFN5O4S. The van der Waals surface area contributed by atoms with Gasteiger partial charge in [-0.15, -0.1) is 5.10 Å². The summed E-state index contributed by atoms with van der Waals surface area (Å²) in [5, 5.41) is 11.6. The molecule has 3 heterocycles. The van der Waals surface area contributed by atoms with Gasteiger partial charge >= 0.3 is 0 Å². The van der Waals surface area contributed by atoms with Gasteiger partial charge in [-0.05, 0) is 92.6 Å². The highest BCUT2D eigenvalue weighted by molar-refractivity contribution is 7.17. The van der Waals surface area contributed by atoms with Crippen LogP contribution in [0.5, 0.6) is 5.19 Å². The zero-order valence-corrected chi connectivity index (χ0v) is 23.7. The summed E-state index contributed by atoms with van der Waals surface area (Å²) in [7, 11) is 0. The molecule has 1 aromatic carbocycles. The molecule has 210 valence electrons. The van der Waals surface area contributed by atoms with Crippen molar-refractivity contribution in [2.45, 2.75) is 52.6 Å². The van der Waals surface area contributed by atoms with Gasteiger partial charge in [0.15, 0.2) is 6.29 Å². The van der Waals surface area contributed by atoms with Crippen molar-refractivity contribution in [2.75, 3.05) is 11.9 Å². The highest BCUT2D eigenvalue weighted by Gasteiger charge is 2.19. The number of nitrogens with one attached hydrogen (secondary N) is 1. The fourth-order valence-electron chi connectivity index (χ4n) is 3.80. The third-order valence-electron chi connectivity index (χ3n) is 6.00. The lowest BCUT2D eigenvalue weighted by Gasteiger charge is -2.22. The Morgan fingerprint density at radius 3 is 2.85 bits per heavy atom. The molecule has 40 heavy (non-hydrogen) atoms. The molecule has 1 fully saturated rings. The molecule has 0 spiro atoms. The Hall–Kier alpha value is -3.51. The van der Waals surface area contributed by atoms with Crippen LogP contribution in [0.1, 0.15) is 49.9 Å². The van der Waals surface area contributed by atoms with Gasteiger partial charge in [-0.25, -0.2) is 4.39 Å². The third-order valence-corrected chi connectivity index (χ3v) is 6.98. The number of amides is 1. The number of carbonyl (C=O) groups is 1. The summed E-state index contributed by atoms with van der Waals surface area (Å²) < 4.78 is 32.2. The van der Waals surface area contributed by atoms with Gasteiger partial charge in [0, 0.05) is 29.6 Å². The van der Waals surface area contributed by atoms with Crippen molar-refractivity contribution in [3.8, 4) is 5.19 Å². The molecule has 0 radical (unpaired) electrons. The maximum Gasteiger partial charge on any atom is 0.296 e. The van der Waals surface area contributed by atoms with Crippen molar-refractivity contribution in [2.24, 2.45) is 4.99 Å². The van der Waals surface area contributed by atoms with Crippen molar-refractivity contribution in [3.63, 3.8) is 0 Å². The number of rotatable bonds is 11. The lowest BCUT2D eigenvalue weighted by Crippen LogP contribution is -2.22. The van der Waals surface area contributed by atoms with Gasteiger partial charge in [0.1, 0.15) is 12.4 Å². The largest absolute Gasteiger partial charge is 0.462 e. The van der Waals surface area contributed by atoms with Crippen LogP contribution in [0.4, 0.5) is 9.52 Å². The second-order valence-corrected chi connectivity index (χ2v) is 10.4. The zero-order valence-electron chi connectivity index (χ0n) is 22.2. The SMILES string of the molecule is C=N/C(C)=C\C(=C(/C)C(=O)Nc1nnc(OCc2ccc(Cl)cn2)s1)c1cc(COC2CCCCO2)ccc1F. The Morgan fingerprint density at radius 2 is 2.12 bits per heavy atom. The number of halogens is 2. The molecule has 1 aliphatic rings. The number of aliphatic imine (C=N–C) groups is 1. The van der Waals surface area contributed by atoms with E-state index in [1.807, 2.05) is 0 Å². The molecule has 1 atom stereocenters. The summed E-state index contributed by atoms with van der Waals surface area (Å²) in [6.45, 7) is 7.93. The molecule has 4 rings (SSSR count). The van der Waals surface area contributed by atoms with E-state index >= 15 is 4.39 Å². The summed E-state index contributed by atoms with van der Waals surface area (Å²) in [6, 6.07) is 8.12. The van der Waals surface area contributed by atoms with Crippen molar-refractivity contribution in [1.29, 1.82) is 0 Å². The molecule has 1 N–H and O–H groups in total. The van der Waals surface area contributed by atoms with Gasteiger partial charge in [-0.1, -0.05) is 22.8 Å².